The number of rotatable bonds is 5. The highest BCUT2D eigenvalue weighted by Gasteiger charge is 2.23. The van der Waals surface area contributed by atoms with E-state index in [0.717, 1.165) is 24.0 Å². The quantitative estimate of drug-likeness (QED) is 0.785. The normalized spacial score (nSPS) is 13.4. The van der Waals surface area contributed by atoms with Gasteiger partial charge in [0.2, 0.25) is 5.91 Å². The molecule has 1 aromatic carbocycles. The molecule has 1 aliphatic heterocycles. The van der Waals surface area contributed by atoms with E-state index in [4.69, 9.17) is 10.8 Å². The maximum atomic E-state index is 12.0. The lowest BCUT2D eigenvalue weighted by molar-refractivity contribution is -0.131. The first kappa shape index (κ1) is 13.5. The van der Waals surface area contributed by atoms with Crippen LogP contribution in [0.3, 0.4) is 0 Å². The SMILES string of the molecule is NCCCCC(=O)N1Cc2ccc(C(=O)O)cc2C1. The summed E-state index contributed by atoms with van der Waals surface area (Å²) in [6.45, 7) is 1.70. The Balaban J connectivity index is 1.99. The van der Waals surface area contributed by atoms with Gasteiger partial charge in [-0.2, -0.15) is 0 Å². The zero-order chi connectivity index (χ0) is 13.8. The number of unbranched alkanes of at least 4 members (excludes halogenated alkanes) is 1. The van der Waals surface area contributed by atoms with Gasteiger partial charge in [0.1, 0.15) is 0 Å². The first-order valence-electron chi connectivity index (χ1n) is 6.44. The molecule has 19 heavy (non-hydrogen) atoms. The highest BCUT2D eigenvalue weighted by atomic mass is 16.4. The van der Waals surface area contributed by atoms with Crippen LogP contribution in [0.1, 0.15) is 40.7 Å². The number of nitrogens with two attached hydrogens (primary N) is 1. The molecule has 1 aromatic rings. The van der Waals surface area contributed by atoms with E-state index in [1.807, 2.05) is 0 Å². The Kier molecular flexibility index (Phi) is 4.16. The smallest absolute Gasteiger partial charge is 0.335 e. The predicted octanol–water partition coefficient (Wildman–Crippen LogP) is 1.36. The van der Waals surface area contributed by atoms with E-state index >= 15 is 0 Å². The highest BCUT2D eigenvalue weighted by molar-refractivity contribution is 5.88. The number of carboxylic acid groups (broad SMARTS) is 1. The van der Waals surface area contributed by atoms with Crippen LogP contribution in [0.4, 0.5) is 0 Å². The number of carbonyl (C=O) groups is 2. The van der Waals surface area contributed by atoms with Crippen molar-refractivity contribution >= 4 is 11.9 Å². The fourth-order valence-corrected chi connectivity index (χ4v) is 2.28. The molecule has 0 unspecified atom stereocenters. The van der Waals surface area contributed by atoms with E-state index in [1.54, 1.807) is 23.1 Å². The summed E-state index contributed by atoms with van der Waals surface area (Å²) in [5.41, 5.74) is 7.65. The Morgan fingerprint density at radius 3 is 2.63 bits per heavy atom. The molecule has 102 valence electrons. The number of fused-ring (bicyclic) bond motifs is 1. The van der Waals surface area contributed by atoms with Crippen molar-refractivity contribution in [3.05, 3.63) is 34.9 Å². The lowest BCUT2D eigenvalue weighted by atomic mass is 10.1. The molecule has 0 saturated carbocycles. The maximum Gasteiger partial charge on any atom is 0.335 e. The minimum absolute atomic E-state index is 0.113. The molecule has 2 rings (SSSR count). The lowest BCUT2D eigenvalue weighted by Crippen LogP contribution is -2.25. The van der Waals surface area contributed by atoms with Gasteiger partial charge < -0.3 is 15.7 Å². The van der Waals surface area contributed by atoms with E-state index in [1.165, 1.54) is 0 Å². The second-order valence-corrected chi connectivity index (χ2v) is 4.78. The monoisotopic (exact) mass is 262 g/mol. The molecule has 0 bridgehead atoms. The first-order chi connectivity index (χ1) is 9.11. The van der Waals surface area contributed by atoms with Crippen molar-refractivity contribution in [2.75, 3.05) is 6.54 Å². The van der Waals surface area contributed by atoms with Gasteiger partial charge >= 0.3 is 5.97 Å². The van der Waals surface area contributed by atoms with Crippen molar-refractivity contribution in [1.82, 2.24) is 4.90 Å². The average molecular weight is 262 g/mol. The number of carboxylic acids is 1. The van der Waals surface area contributed by atoms with Gasteiger partial charge in [-0.15, -0.1) is 0 Å². The number of benzene rings is 1. The lowest BCUT2D eigenvalue weighted by Gasteiger charge is -2.14. The van der Waals surface area contributed by atoms with Crippen LogP contribution in [0, 0.1) is 0 Å². The minimum Gasteiger partial charge on any atom is -0.478 e. The average Bonchev–Trinajstić information content (AvgIpc) is 2.81. The third kappa shape index (κ3) is 3.12. The van der Waals surface area contributed by atoms with Crippen molar-refractivity contribution in [2.45, 2.75) is 32.4 Å². The van der Waals surface area contributed by atoms with E-state index in [-0.39, 0.29) is 11.5 Å². The van der Waals surface area contributed by atoms with Crippen molar-refractivity contribution < 1.29 is 14.7 Å². The van der Waals surface area contributed by atoms with Crippen LogP contribution in [-0.4, -0.2) is 28.4 Å². The molecule has 5 nitrogen and oxygen atoms in total. The number of nitrogens with zero attached hydrogens (tertiary/aromatic N) is 1. The largest absolute Gasteiger partial charge is 0.478 e. The molecule has 0 atom stereocenters. The third-order valence-corrected chi connectivity index (χ3v) is 3.37. The van der Waals surface area contributed by atoms with Crippen LogP contribution in [0.25, 0.3) is 0 Å². The van der Waals surface area contributed by atoms with Crippen molar-refractivity contribution in [1.29, 1.82) is 0 Å². The van der Waals surface area contributed by atoms with Crippen molar-refractivity contribution in [2.24, 2.45) is 5.73 Å². The van der Waals surface area contributed by atoms with Gasteiger partial charge in [0, 0.05) is 19.5 Å². The van der Waals surface area contributed by atoms with Crippen LogP contribution >= 0.6 is 0 Å². The number of aromatic carboxylic acids is 1. The summed E-state index contributed by atoms with van der Waals surface area (Å²) in [5, 5.41) is 8.94. The summed E-state index contributed by atoms with van der Waals surface area (Å²) in [4.78, 5) is 24.6. The first-order valence-corrected chi connectivity index (χ1v) is 6.44. The second-order valence-electron chi connectivity index (χ2n) is 4.78. The van der Waals surface area contributed by atoms with E-state index in [0.29, 0.717) is 26.1 Å². The minimum atomic E-state index is -0.935. The van der Waals surface area contributed by atoms with Crippen LogP contribution in [-0.2, 0) is 17.9 Å². The topological polar surface area (TPSA) is 83.6 Å². The van der Waals surface area contributed by atoms with Gasteiger partial charge in [0.25, 0.3) is 0 Å². The Bertz CT molecular complexity index is 499. The Hall–Kier alpha value is -1.88. The van der Waals surface area contributed by atoms with Gasteiger partial charge in [-0.3, -0.25) is 4.79 Å². The summed E-state index contributed by atoms with van der Waals surface area (Å²) in [5.74, 6) is -0.822. The number of hydrogen-bond donors (Lipinski definition) is 2. The van der Waals surface area contributed by atoms with Gasteiger partial charge in [-0.05, 0) is 42.6 Å². The standard InChI is InChI=1S/C14H18N2O3/c15-6-2-1-3-13(17)16-8-11-5-4-10(14(18)19)7-12(11)9-16/h4-5,7H,1-3,6,8-9,15H2,(H,18,19). The molecule has 0 aliphatic carbocycles. The van der Waals surface area contributed by atoms with Crippen LogP contribution < -0.4 is 5.73 Å². The Labute approximate surface area is 112 Å². The highest BCUT2D eigenvalue weighted by Crippen LogP contribution is 2.24. The molecule has 0 aromatic heterocycles. The molecule has 5 heteroatoms. The van der Waals surface area contributed by atoms with Gasteiger partial charge in [0.15, 0.2) is 0 Å². The number of amides is 1. The fourth-order valence-electron chi connectivity index (χ4n) is 2.28. The van der Waals surface area contributed by atoms with E-state index < -0.39 is 5.97 Å². The van der Waals surface area contributed by atoms with Gasteiger partial charge in [0.05, 0.1) is 5.56 Å². The summed E-state index contributed by atoms with van der Waals surface area (Å²) in [6, 6.07) is 5.04. The number of hydrogen-bond acceptors (Lipinski definition) is 3. The van der Waals surface area contributed by atoms with Crippen LogP contribution in [0.2, 0.25) is 0 Å². The molecule has 1 aliphatic rings. The molecule has 0 fully saturated rings. The molecular weight excluding hydrogens is 244 g/mol. The summed E-state index contributed by atoms with van der Waals surface area (Å²) >= 11 is 0. The van der Waals surface area contributed by atoms with Crippen molar-refractivity contribution in [3.63, 3.8) is 0 Å². The summed E-state index contributed by atoms with van der Waals surface area (Å²) in [7, 11) is 0. The third-order valence-electron chi connectivity index (χ3n) is 3.37. The second kappa shape index (κ2) is 5.84. The molecule has 1 amide bonds. The predicted molar refractivity (Wildman–Crippen MR) is 70.6 cm³/mol. The molecule has 1 heterocycles. The van der Waals surface area contributed by atoms with Gasteiger partial charge in [-0.1, -0.05) is 6.07 Å². The Morgan fingerprint density at radius 1 is 1.21 bits per heavy atom. The van der Waals surface area contributed by atoms with E-state index in [2.05, 4.69) is 0 Å². The zero-order valence-corrected chi connectivity index (χ0v) is 10.8. The van der Waals surface area contributed by atoms with Gasteiger partial charge in [-0.25, -0.2) is 4.79 Å². The molecular formula is C14H18N2O3. The molecule has 0 spiro atoms. The summed E-state index contributed by atoms with van der Waals surface area (Å²) < 4.78 is 0. The summed E-state index contributed by atoms with van der Waals surface area (Å²) in [6.07, 6.45) is 2.18. The Morgan fingerprint density at radius 2 is 1.95 bits per heavy atom. The van der Waals surface area contributed by atoms with Crippen LogP contribution in [0.5, 0.6) is 0 Å². The number of carbonyl (C=O) groups excluding carboxylic acids is 1. The molecule has 0 radical (unpaired) electrons. The zero-order valence-electron chi connectivity index (χ0n) is 10.8. The van der Waals surface area contributed by atoms with E-state index in [9.17, 15) is 9.59 Å². The fraction of sp³-hybridized carbons (Fsp3) is 0.429. The molecule has 3 N–H and O–H groups in total. The maximum absolute atomic E-state index is 12.0. The van der Waals surface area contributed by atoms with Crippen LogP contribution in [0.15, 0.2) is 18.2 Å². The van der Waals surface area contributed by atoms with Crippen molar-refractivity contribution in [3.8, 4) is 0 Å². The molecule has 0 saturated heterocycles.